The van der Waals surface area contributed by atoms with E-state index in [0.29, 0.717) is 36.3 Å². The summed E-state index contributed by atoms with van der Waals surface area (Å²) in [4.78, 5) is 13.2. The van der Waals surface area contributed by atoms with Gasteiger partial charge in [-0.15, -0.1) is 0 Å². The zero-order chi connectivity index (χ0) is 18.9. The largest absolute Gasteiger partial charge is 0.497 e. The standard InChI is InChI=1S/C20H17N5O3/c1-26-14-7-5-13(6-8-14)17-10-25-12-22-18(16(25)11-27-17)20-23-19(24-28-20)15-4-2-3-9-21-15/h2-9,12,17H,10-11H2,1H3. The lowest BCUT2D eigenvalue weighted by molar-refractivity contribution is 0.00328. The minimum absolute atomic E-state index is 0.0489. The fourth-order valence-corrected chi connectivity index (χ4v) is 3.24. The molecule has 0 aliphatic carbocycles. The number of ether oxygens (including phenoxy) is 2. The molecule has 0 N–H and O–H groups in total. The molecular formula is C20H17N5O3. The molecule has 1 aliphatic rings. The number of fused-ring (bicyclic) bond motifs is 1. The zero-order valence-corrected chi connectivity index (χ0v) is 15.1. The van der Waals surface area contributed by atoms with Crippen LogP contribution in [0.25, 0.3) is 23.1 Å². The second kappa shape index (κ2) is 6.90. The van der Waals surface area contributed by atoms with Crippen LogP contribution in [-0.4, -0.2) is 31.8 Å². The smallest absolute Gasteiger partial charge is 0.278 e. The van der Waals surface area contributed by atoms with Gasteiger partial charge in [-0.2, -0.15) is 4.98 Å². The van der Waals surface area contributed by atoms with Crippen molar-refractivity contribution in [2.45, 2.75) is 19.3 Å². The van der Waals surface area contributed by atoms with Crippen molar-refractivity contribution in [3.8, 4) is 28.9 Å². The Kier molecular flexibility index (Phi) is 4.10. The number of pyridine rings is 1. The second-order valence-electron chi connectivity index (χ2n) is 6.40. The maximum Gasteiger partial charge on any atom is 0.278 e. The van der Waals surface area contributed by atoms with E-state index in [2.05, 4.69) is 24.7 Å². The number of aromatic nitrogens is 5. The number of methoxy groups -OCH3 is 1. The van der Waals surface area contributed by atoms with Crippen molar-refractivity contribution in [2.24, 2.45) is 0 Å². The monoisotopic (exact) mass is 375 g/mol. The minimum Gasteiger partial charge on any atom is -0.497 e. The Morgan fingerprint density at radius 2 is 2.00 bits per heavy atom. The first kappa shape index (κ1) is 16.6. The molecule has 140 valence electrons. The summed E-state index contributed by atoms with van der Waals surface area (Å²) in [7, 11) is 1.65. The topological polar surface area (TPSA) is 88.1 Å². The van der Waals surface area contributed by atoms with Crippen molar-refractivity contribution in [3.63, 3.8) is 0 Å². The van der Waals surface area contributed by atoms with E-state index in [9.17, 15) is 0 Å². The normalized spacial score (nSPS) is 16.0. The summed E-state index contributed by atoms with van der Waals surface area (Å²) in [5, 5.41) is 4.02. The first-order valence-electron chi connectivity index (χ1n) is 8.87. The molecule has 28 heavy (non-hydrogen) atoms. The maximum atomic E-state index is 6.07. The first-order valence-corrected chi connectivity index (χ1v) is 8.87. The van der Waals surface area contributed by atoms with Crippen molar-refractivity contribution < 1.29 is 14.0 Å². The number of hydrogen-bond donors (Lipinski definition) is 0. The van der Waals surface area contributed by atoms with Gasteiger partial charge in [-0.1, -0.05) is 23.4 Å². The van der Waals surface area contributed by atoms with Crippen LogP contribution in [-0.2, 0) is 17.9 Å². The maximum absolute atomic E-state index is 6.07. The summed E-state index contributed by atoms with van der Waals surface area (Å²) in [6.45, 7) is 1.07. The Morgan fingerprint density at radius 3 is 2.79 bits per heavy atom. The van der Waals surface area contributed by atoms with E-state index in [1.807, 2.05) is 42.5 Å². The van der Waals surface area contributed by atoms with Crippen molar-refractivity contribution in [1.82, 2.24) is 24.7 Å². The lowest BCUT2D eigenvalue weighted by Crippen LogP contribution is -2.20. The number of nitrogens with zero attached hydrogens (tertiary/aromatic N) is 5. The van der Waals surface area contributed by atoms with Crippen LogP contribution < -0.4 is 4.74 Å². The van der Waals surface area contributed by atoms with Gasteiger partial charge in [0, 0.05) is 6.20 Å². The predicted octanol–water partition coefficient (Wildman–Crippen LogP) is 3.28. The summed E-state index contributed by atoms with van der Waals surface area (Å²) in [6, 6.07) is 13.5. The summed E-state index contributed by atoms with van der Waals surface area (Å²) >= 11 is 0. The van der Waals surface area contributed by atoms with E-state index in [0.717, 1.165) is 17.0 Å². The minimum atomic E-state index is -0.0489. The zero-order valence-electron chi connectivity index (χ0n) is 15.1. The third-order valence-corrected chi connectivity index (χ3v) is 4.74. The van der Waals surface area contributed by atoms with E-state index >= 15 is 0 Å². The van der Waals surface area contributed by atoms with Crippen LogP contribution in [0, 0.1) is 0 Å². The van der Waals surface area contributed by atoms with Crippen LogP contribution in [0.1, 0.15) is 17.4 Å². The lowest BCUT2D eigenvalue weighted by Gasteiger charge is -2.25. The summed E-state index contributed by atoms with van der Waals surface area (Å²) in [5.74, 6) is 1.62. The number of hydrogen-bond acceptors (Lipinski definition) is 7. The Morgan fingerprint density at radius 1 is 1.11 bits per heavy atom. The van der Waals surface area contributed by atoms with E-state index in [-0.39, 0.29) is 6.10 Å². The molecule has 0 saturated carbocycles. The molecule has 0 radical (unpaired) electrons. The van der Waals surface area contributed by atoms with Gasteiger partial charge in [-0.05, 0) is 29.8 Å². The van der Waals surface area contributed by atoms with Gasteiger partial charge in [0.15, 0.2) is 5.69 Å². The van der Waals surface area contributed by atoms with Crippen molar-refractivity contribution in [3.05, 3.63) is 66.2 Å². The molecule has 1 aromatic carbocycles. The van der Waals surface area contributed by atoms with Crippen LogP contribution >= 0.6 is 0 Å². The summed E-state index contributed by atoms with van der Waals surface area (Å²) in [5.41, 5.74) is 3.31. The molecule has 1 aliphatic heterocycles. The summed E-state index contributed by atoms with van der Waals surface area (Å²) in [6.07, 6.45) is 3.43. The molecule has 1 unspecified atom stereocenters. The van der Waals surface area contributed by atoms with Crippen LogP contribution in [0.4, 0.5) is 0 Å². The molecular weight excluding hydrogens is 358 g/mol. The third kappa shape index (κ3) is 2.93. The van der Waals surface area contributed by atoms with Gasteiger partial charge < -0.3 is 18.6 Å². The Balaban J connectivity index is 1.39. The molecule has 0 saturated heterocycles. The second-order valence-corrected chi connectivity index (χ2v) is 6.40. The van der Waals surface area contributed by atoms with E-state index in [1.54, 1.807) is 19.6 Å². The fraction of sp³-hybridized carbons (Fsp3) is 0.200. The van der Waals surface area contributed by atoms with Gasteiger partial charge in [0.25, 0.3) is 5.89 Å². The highest BCUT2D eigenvalue weighted by Crippen LogP contribution is 2.32. The quantitative estimate of drug-likeness (QED) is 0.541. The van der Waals surface area contributed by atoms with Crippen LogP contribution in [0.5, 0.6) is 5.75 Å². The fourth-order valence-electron chi connectivity index (χ4n) is 3.24. The average molecular weight is 375 g/mol. The average Bonchev–Trinajstić information content (AvgIpc) is 3.41. The number of benzene rings is 1. The van der Waals surface area contributed by atoms with Gasteiger partial charge in [0.05, 0.1) is 32.3 Å². The van der Waals surface area contributed by atoms with Crippen molar-refractivity contribution >= 4 is 0 Å². The highest BCUT2D eigenvalue weighted by atomic mass is 16.5. The van der Waals surface area contributed by atoms with Gasteiger partial charge in [-0.25, -0.2) is 4.98 Å². The number of imidazole rings is 1. The molecule has 8 heteroatoms. The van der Waals surface area contributed by atoms with Crippen molar-refractivity contribution in [2.75, 3.05) is 7.11 Å². The molecule has 4 aromatic rings. The molecule has 4 heterocycles. The van der Waals surface area contributed by atoms with Crippen LogP contribution in [0.2, 0.25) is 0 Å². The predicted molar refractivity (Wildman–Crippen MR) is 99.3 cm³/mol. The van der Waals surface area contributed by atoms with E-state index in [1.165, 1.54) is 0 Å². The molecule has 0 fully saturated rings. The lowest BCUT2D eigenvalue weighted by atomic mass is 10.1. The molecule has 0 amide bonds. The van der Waals surface area contributed by atoms with E-state index in [4.69, 9.17) is 14.0 Å². The molecule has 0 bridgehead atoms. The Bertz CT molecular complexity index is 1090. The van der Waals surface area contributed by atoms with Crippen molar-refractivity contribution in [1.29, 1.82) is 0 Å². The van der Waals surface area contributed by atoms with E-state index < -0.39 is 0 Å². The number of rotatable bonds is 4. The van der Waals surface area contributed by atoms with Crippen LogP contribution in [0.3, 0.4) is 0 Å². The molecule has 3 aromatic heterocycles. The Hall–Kier alpha value is -3.52. The van der Waals surface area contributed by atoms with Gasteiger partial charge in [-0.3, -0.25) is 4.98 Å². The highest BCUT2D eigenvalue weighted by molar-refractivity contribution is 5.56. The summed E-state index contributed by atoms with van der Waals surface area (Å²) < 4.78 is 18.8. The van der Waals surface area contributed by atoms with Gasteiger partial charge in [0.2, 0.25) is 5.82 Å². The third-order valence-electron chi connectivity index (χ3n) is 4.74. The molecule has 5 rings (SSSR count). The molecule has 8 nitrogen and oxygen atoms in total. The van der Waals surface area contributed by atoms with Gasteiger partial charge >= 0.3 is 0 Å². The Labute approximate surface area is 160 Å². The molecule has 0 spiro atoms. The first-order chi connectivity index (χ1) is 13.8. The van der Waals surface area contributed by atoms with Gasteiger partial charge in [0.1, 0.15) is 17.5 Å². The highest BCUT2D eigenvalue weighted by Gasteiger charge is 2.26. The van der Waals surface area contributed by atoms with Crippen LogP contribution in [0.15, 0.2) is 59.5 Å². The molecule has 1 atom stereocenters. The SMILES string of the molecule is COc1ccc(C2Cn3cnc(-c4nc(-c5ccccn5)no4)c3CO2)cc1.